The Bertz CT molecular complexity index is 626. The third kappa shape index (κ3) is 3.61. The fourth-order valence-electron chi connectivity index (χ4n) is 1.87. The summed E-state index contributed by atoms with van der Waals surface area (Å²) in [5.74, 6) is -0.395. The lowest BCUT2D eigenvalue weighted by Gasteiger charge is -2.06. The molecule has 0 amide bonds. The second-order valence-electron chi connectivity index (χ2n) is 4.54. The Morgan fingerprint density at radius 2 is 1.95 bits per heavy atom. The minimum atomic E-state index is -1.23. The van der Waals surface area contributed by atoms with Crippen molar-refractivity contribution in [2.24, 2.45) is 0 Å². The number of thioether (sulfide) groups is 1. The Morgan fingerprint density at radius 3 is 2.60 bits per heavy atom. The number of aromatic carboxylic acids is 1. The molecule has 0 unspecified atom stereocenters. The van der Waals surface area contributed by atoms with Gasteiger partial charge in [0.1, 0.15) is 5.82 Å². The molecule has 0 aliphatic rings. The predicted molar refractivity (Wildman–Crippen MR) is 79.5 cm³/mol. The number of halogens is 1. The van der Waals surface area contributed by atoms with Crippen LogP contribution in [0.1, 0.15) is 27.0 Å². The lowest BCUT2D eigenvalue weighted by Crippen LogP contribution is -2.00. The number of carboxylic acids is 1. The van der Waals surface area contributed by atoms with Crippen LogP contribution in [0.25, 0.3) is 0 Å². The summed E-state index contributed by atoms with van der Waals surface area (Å²) in [5.41, 5.74) is 3.02. The number of rotatable bonds is 5. The van der Waals surface area contributed by atoms with E-state index in [-0.39, 0.29) is 5.56 Å². The fraction of sp³-hybridized carbons (Fsp3) is 0.188. The first-order valence-electron chi connectivity index (χ1n) is 6.22. The van der Waals surface area contributed by atoms with Crippen LogP contribution in [-0.4, -0.2) is 11.1 Å². The molecule has 0 aliphatic heterocycles. The highest BCUT2D eigenvalue weighted by Gasteiger charge is 2.10. The average molecular weight is 290 g/mol. The molecule has 0 atom stereocenters. The largest absolute Gasteiger partial charge is 0.478 e. The highest BCUT2D eigenvalue weighted by atomic mass is 32.2. The van der Waals surface area contributed by atoms with Crippen molar-refractivity contribution in [2.75, 3.05) is 0 Å². The minimum absolute atomic E-state index is 0.280. The Kier molecular flexibility index (Phi) is 4.79. The van der Waals surface area contributed by atoms with Crippen LogP contribution in [0.2, 0.25) is 0 Å². The maximum absolute atomic E-state index is 13.5. The zero-order chi connectivity index (χ0) is 14.5. The van der Waals surface area contributed by atoms with E-state index in [9.17, 15) is 9.18 Å². The molecule has 0 heterocycles. The van der Waals surface area contributed by atoms with E-state index in [0.29, 0.717) is 5.75 Å². The number of hydrogen-bond donors (Lipinski definition) is 1. The van der Waals surface area contributed by atoms with Crippen molar-refractivity contribution in [3.63, 3.8) is 0 Å². The second kappa shape index (κ2) is 6.57. The zero-order valence-electron chi connectivity index (χ0n) is 11.1. The summed E-state index contributed by atoms with van der Waals surface area (Å²) in [4.78, 5) is 10.7. The molecule has 0 aromatic heterocycles. The molecule has 20 heavy (non-hydrogen) atoms. The van der Waals surface area contributed by atoms with E-state index < -0.39 is 11.8 Å². The van der Waals surface area contributed by atoms with Gasteiger partial charge < -0.3 is 5.11 Å². The number of carboxylic acid groups (broad SMARTS) is 1. The van der Waals surface area contributed by atoms with Gasteiger partial charge >= 0.3 is 5.97 Å². The summed E-state index contributed by atoms with van der Waals surface area (Å²) in [5, 5.41) is 8.77. The summed E-state index contributed by atoms with van der Waals surface area (Å²) in [6.45, 7) is 2.07. The van der Waals surface area contributed by atoms with Crippen molar-refractivity contribution in [1.29, 1.82) is 0 Å². The van der Waals surface area contributed by atoms with Crippen molar-refractivity contribution in [3.05, 3.63) is 70.5 Å². The molecule has 0 saturated heterocycles. The van der Waals surface area contributed by atoms with Gasteiger partial charge in [0.05, 0.1) is 5.56 Å². The minimum Gasteiger partial charge on any atom is -0.478 e. The maximum atomic E-state index is 13.5. The lowest BCUT2D eigenvalue weighted by molar-refractivity contribution is 0.0692. The first-order valence-corrected chi connectivity index (χ1v) is 7.37. The monoisotopic (exact) mass is 290 g/mol. The van der Waals surface area contributed by atoms with Crippen molar-refractivity contribution in [1.82, 2.24) is 0 Å². The van der Waals surface area contributed by atoms with Gasteiger partial charge in [0.25, 0.3) is 0 Å². The molecule has 0 fully saturated rings. The van der Waals surface area contributed by atoms with Gasteiger partial charge in [-0.15, -0.1) is 0 Å². The number of carbonyl (C=O) groups is 1. The molecule has 1 N–H and O–H groups in total. The molecule has 0 bridgehead atoms. The highest BCUT2D eigenvalue weighted by Crippen LogP contribution is 2.21. The summed E-state index contributed by atoms with van der Waals surface area (Å²) >= 11 is 1.68. The third-order valence-electron chi connectivity index (χ3n) is 3.05. The van der Waals surface area contributed by atoms with Crippen molar-refractivity contribution in [3.8, 4) is 0 Å². The Hall–Kier alpha value is -1.81. The summed E-state index contributed by atoms with van der Waals surface area (Å²) < 4.78 is 13.5. The zero-order valence-corrected chi connectivity index (χ0v) is 11.9. The number of aryl methyl sites for hydroxylation is 1. The summed E-state index contributed by atoms with van der Waals surface area (Å²) in [7, 11) is 0. The van der Waals surface area contributed by atoms with Crippen molar-refractivity contribution < 1.29 is 14.3 Å². The normalized spacial score (nSPS) is 10.5. The van der Waals surface area contributed by atoms with Crippen LogP contribution in [0.4, 0.5) is 4.39 Å². The van der Waals surface area contributed by atoms with Crippen LogP contribution in [0, 0.1) is 12.7 Å². The van der Waals surface area contributed by atoms with E-state index >= 15 is 0 Å². The van der Waals surface area contributed by atoms with E-state index in [2.05, 4.69) is 19.1 Å². The smallest absolute Gasteiger partial charge is 0.338 e. The van der Waals surface area contributed by atoms with Crippen molar-refractivity contribution in [2.45, 2.75) is 18.4 Å². The van der Waals surface area contributed by atoms with Gasteiger partial charge in [0.15, 0.2) is 0 Å². The topological polar surface area (TPSA) is 37.3 Å². The van der Waals surface area contributed by atoms with E-state index in [1.807, 2.05) is 12.1 Å². The molecule has 0 radical (unpaired) electrons. The molecule has 0 saturated carbocycles. The van der Waals surface area contributed by atoms with E-state index in [0.717, 1.165) is 11.3 Å². The first-order chi connectivity index (χ1) is 9.58. The maximum Gasteiger partial charge on any atom is 0.338 e. The fourth-order valence-corrected chi connectivity index (χ4v) is 2.93. The average Bonchev–Trinajstić information content (AvgIpc) is 2.40. The van der Waals surface area contributed by atoms with E-state index in [1.54, 1.807) is 17.8 Å². The summed E-state index contributed by atoms with van der Waals surface area (Å²) in [6.07, 6.45) is 0. The van der Waals surface area contributed by atoms with Crippen molar-refractivity contribution >= 4 is 17.7 Å². The number of benzene rings is 2. The molecule has 104 valence electrons. The van der Waals surface area contributed by atoms with Gasteiger partial charge in [0.2, 0.25) is 0 Å². The Labute approximate surface area is 121 Å². The SMILES string of the molecule is Cc1ccccc1CSCc1ccc(C(=O)O)c(F)c1. The van der Waals surface area contributed by atoms with Gasteiger partial charge in [-0.25, -0.2) is 9.18 Å². The standard InChI is InChI=1S/C16H15FO2S/c1-11-4-2-3-5-13(11)10-20-9-12-6-7-14(16(18)19)15(17)8-12/h2-8H,9-10H2,1H3,(H,18,19). The van der Waals surface area contributed by atoms with E-state index in [4.69, 9.17) is 5.11 Å². The molecular formula is C16H15FO2S. The molecule has 4 heteroatoms. The first kappa shape index (κ1) is 14.6. The lowest BCUT2D eigenvalue weighted by atomic mass is 10.1. The van der Waals surface area contributed by atoms with Gasteiger partial charge in [0, 0.05) is 11.5 Å². The molecule has 2 aromatic carbocycles. The quantitative estimate of drug-likeness (QED) is 0.893. The van der Waals surface area contributed by atoms with Crippen LogP contribution >= 0.6 is 11.8 Å². The van der Waals surface area contributed by atoms with Crippen LogP contribution in [0.3, 0.4) is 0 Å². The molecular weight excluding hydrogens is 275 g/mol. The van der Waals surface area contributed by atoms with Crippen LogP contribution < -0.4 is 0 Å². The summed E-state index contributed by atoms with van der Waals surface area (Å²) in [6, 6.07) is 12.4. The second-order valence-corrected chi connectivity index (χ2v) is 5.52. The van der Waals surface area contributed by atoms with Gasteiger partial charge in [-0.2, -0.15) is 11.8 Å². The highest BCUT2D eigenvalue weighted by molar-refractivity contribution is 7.97. The Morgan fingerprint density at radius 1 is 1.20 bits per heavy atom. The molecule has 2 nitrogen and oxygen atoms in total. The Balaban J connectivity index is 1.97. The van der Waals surface area contributed by atoms with Gasteiger partial charge in [-0.05, 0) is 35.7 Å². The third-order valence-corrected chi connectivity index (χ3v) is 4.10. The van der Waals surface area contributed by atoms with Crippen LogP contribution in [0.15, 0.2) is 42.5 Å². The predicted octanol–water partition coefficient (Wildman–Crippen LogP) is 4.27. The number of hydrogen-bond acceptors (Lipinski definition) is 2. The molecule has 0 aliphatic carbocycles. The van der Waals surface area contributed by atoms with Crippen LogP contribution in [0.5, 0.6) is 0 Å². The molecule has 2 aromatic rings. The molecule has 0 spiro atoms. The molecule has 2 rings (SSSR count). The van der Waals surface area contributed by atoms with Gasteiger partial charge in [-0.3, -0.25) is 0 Å². The van der Waals surface area contributed by atoms with Gasteiger partial charge in [-0.1, -0.05) is 30.3 Å². The van der Waals surface area contributed by atoms with Crippen LogP contribution in [-0.2, 0) is 11.5 Å². The van der Waals surface area contributed by atoms with E-state index in [1.165, 1.54) is 23.3 Å².